The Labute approximate surface area is 107 Å². The molecule has 1 aliphatic carbocycles. The molecular weight excluding hydrogens is 224 g/mol. The minimum absolute atomic E-state index is 0.0236. The van der Waals surface area contributed by atoms with Crippen molar-refractivity contribution in [3.8, 4) is 5.75 Å². The first-order valence-electron chi connectivity index (χ1n) is 6.34. The van der Waals surface area contributed by atoms with Gasteiger partial charge in [0.05, 0.1) is 0 Å². The van der Waals surface area contributed by atoms with E-state index in [1.165, 1.54) is 5.57 Å². The van der Waals surface area contributed by atoms with Gasteiger partial charge >= 0.3 is 0 Å². The van der Waals surface area contributed by atoms with Crippen molar-refractivity contribution < 1.29 is 9.47 Å². The summed E-state index contributed by atoms with van der Waals surface area (Å²) in [5, 5.41) is 0. The zero-order valence-corrected chi connectivity index (χ0v) is 10.2. The zero-order valence-electron chi connectivity index (χ0n) is 10.2. The highest BCUT2D eigenvalue weighted by molar-refractivity contribution is 5.38. The molecule has 2 heteroatoms. The van der Waals surface area contributed by atoms with Crippen molar-refractivity contribution in [2.75, 3.05) is 6.61 Å². The van der Waals surface area contributed by atoms with Crippen molar-refractivity contribution in [2.45, 2.75) is 18.9 Å². The van der Waals surface area contributed by atoms with Crippen LogP contribution in [0.3, 0.4) is 0 Å². The molecule has 1 atom stereocenters. The lowest BCUT2D eigenvalue weighted by Crippen LogP contribution is -2.22. The maximum atomic E-state index is 5.93. The van der Waals surface area contributed by atoms with E-state index in [0.717, 1.165) is 24.4 Å². The van der Waals surface area contributed by atoms with Gasteiger partial charge in [-0.3, -0.25) is 0 Å². The first kappa shape index (κ1) is 11.1. The van der Waals surface area contributed by atoms with Gasteiger partial charge in [-0.25, -0.2) is 0 Å². The Bertz CT molecular complexity index is 497. The molecule has 2 aliphatic rings. The third-order valence-corrected chi connectivity index (χ3v) is 3.10. The molecule has 0 radical (unpaired) electrons. The summed E-state index contributed by atoms with van der Waals surface area (Å²) in [5.74, 6) is 1.99. The van der Waals surface area contributed by atoms with E-state index < -0.39 is 0 Å². The molecule has 0 N–H and O–H groups in total. The molecule has 1 aliphatic heterocycles. The Morgan fingerprint density at radius 3 is 2.94 bits per heavy atom. The minimum atomic E-state index is 0.0236. The van der Waals surface area contributed by atoms with Gasteiger partial charge in [0.15, 0.2) is 6.10 Å². The number of hydrogen-bond acceptors (Lipinski definition) is 2. The molecule has 3 rings (SSSR count). The predicted molar refractivity (Wildman–Crippen MR) is 71.4 cm³/mol. The number of benzene rings is 1. The maximum Gasteiger partial charge on any atom is 0.151 e. The molecule has 1 heterocycles. The second-order valence-electron chi connectivity index (χ2n) is 4.46. The zero-order chi connectivity index (χ0) is 12.2. The summed E-state index contributed by atoms with van der Waals surface area (Å²) < 4.78 is 11.6. The molecule has 0 fully saturated rings. The number of para-hydroxylation sites is 1. The Hall–Kier alpha value is -1.96. The summed E-state index contributed by atoms with van der Waals surface area (Å²) in [6.45, 7) is 0.557. The third kappa shape index (κ3) is 2.48. The molecule has 0 aromatic heterocycles. The molecule has 0 bridgehead atoms. The molecule has 0 amide bonds. The Morgan fingerprint density at radius 2 is 2.06 bits per heavy atom. The lowest BCUT2D eigenvalue weighted by molar-refractivity contribution is 0.0920. The average molecular weight is 240 g/mol. The lowest BCUT2D eigenvalue weighted by atomic mass is 10.0. The van der Waals surface area contributed by atoms with Crippen LogP contribution in [0.25, 0.3) is 0 Å². The van der Waals surface area contributed by atoms with Crippen LogP contribution in [0.15, 0.2) is 66.0 Å². The number of allylic oxidation sites excluding steroid dienone is 5. The van der Waals surface area contributed by atoms with Crippen LogP contribution in [0.1, 0.15) is 12.8 Å². The highest BCUT2D eigenvalue weighted by Gasteiger charge is 2.18. The quantitative estimate of drug-likeness (QED) is 0.803. The number of rotatable bonds is 3. The van der Waals surface area contributed by atoms with Gasteiger partial charge in [0.2, 0.25) is 0 Å². The first-order valence-corrected chi connectivity index (χ1v) is 6.34. The monoisotopic (exact) mass is 240 g/mol. The van der Waals surface area contributed by atoms with E-state index in [1.54, 1.807) is 0 Å². The molecule has 1 aromatic rings. The summed E-state index contributed by atoms with van der Waals surface area (Å²) >= 11 is 0. The van der Waals surface area contributed by atoms with E-state index in [-0.39, 0.29) is 6.10 Å². The van der Waals surface area contributed by atoms with Crippen LogP contribution in [0.2, 0.25) is 0 Å². The molecule has 0 spiro atoms. The van der Waals surface area contributed by atoms with Crippen LogP contribution in [0.5, 0.6) is 5.75 Å². The van der Waals surface area contributed by atoms with E-state index in [2.05, 4.69) is 24.3 Å². The summed E-state index contributed by atoms with van der Waals surface area (Å²) in [7, 11) is 0. The first-order chi connectivity index (χ1) is 8.92. The number of hydrogen-bond donors (Lipinski definition) is 0. The van der Waals surface area contributed by atoms with Gasteiger partial charge in [-0.15, -0.1) is 0 Å². The lowest BCUT2D eigenvalue weighted by Gasteiger charge is -2.25. The van der Waals surface area contributed by atoms with Gasteiger partial charge in [0.25, 0.3) is 0 Å². The van der Waals surface area contributed by atoms with Gasteiger partial charge in [0.1, 0.15) is 18.1 Å². The maximum absolute atomic E-state index is 5.93. The van der Waals surface area contributed by atoms with E-state index in [1.807, 2.05) is 30.3 Å². The third-order valence-electron chi connectivity index (χ3n) is 3.10. The summed E-state index contributed by atoms with van der Waals surface area (Å²) in [6, 6.07) is 9.84. The summed E-state index contributed by atoms with van der Waals surface area (Å²) in [6.07, 6.45) is 10.6. The highest BCUT2D eigenvalue weighted by Crippen LogP contribution is 2.26. The van der Waals surface area contributed by atoms with Gasteiger partial charge in [0, 0.05) is 12.0 Å². The van der Waals surface area contributed by atoms with E-state index in [4.69, 9.17) is 9.47 Å². The van der Waals surface area contributed by atoms with Gasteiger partial charge in [-0.2, -0.15) is 0 Å². The van der Waals surface area contributed by atoms with E-state index in [0.29, 0.717) is 6.61 Å². The highest BCUT2D eigenvalue weighted by atomic mass is 16.5. The molecule has 0 saturated heterocycles. The van der Waals surface area contributed by atoms with E-state index >= 15 is 0 Å². The fourth-order valence-electron chi connectivity index (χ4n) is 2.16. The van der Waals surface area contributed by atoms with Crippen LogP contribution in [0.4, 0.5) is 0 Å². The van der Waals surface area contributed by atoms with Crippen LogP contribution >= 0.6 is 0 Å². The fraction of sp³-hybridized carbons (Fsp3) is 0.250. The van der Waals surface area contributed by atoms with Crippen LogP contribution in [0, 0.1) is 0 Å². The average Bonchev–Trinajstić information content (AvgIpc) is 2.46. The Morgan fingerprint density at radius 1 is 1.17 bits per heavy atom. The molecule has 1 unspecified atom stereocenters. The molecular formula is C16H16O2. The fourth-order valence-corrected chi connectivity index (χ4v) is 2.16. The summed E-state index contributed by atoms with van der Waals surface area (Å²) in [4.78, 5) is 0. The predicted octanol–water partition coefficient (Wildman–Crippen LogP) is 3.62. The molecule has 2 nitrogen and oxygen atoms in total. The molecule has 1 aromatic carbocycles. The van der Waals surface area contributed by atoms with Crippen LogP contribution in [-0.4, -0.2) is 12.7 Å². The molecule has 18 heavy (non-hydrogen) atoms. The molecule has 0 saturated carbocycles. The summed E-state index contributed by atoms with van der Waals surface area (Å²) in [5.41, 5.74) is 1.21. The topological polar surface area (TPSA) is 18.5 Å². The van der Waals surface area contributed by atoms with Gasteiger partial charge in [-0.1, -0.05) is 36.4 Å². The van der Waals surface area contributed by atoms with E-state index in [9.17, 15) is 0 Å². The van der Waals surface area contributed by atoms with Crippen molar-refractivity contribution in [1.82, 2.24) is 0 Å². The Kier molecular flexibility index (Phi) is 3.18. The van der Waals surface area contributed by atoms with Crippen molar-refractivity contribution in [3.63, 3.8) is 0 Å². The van der Waals surface area contributed by atoms with Crippen molar-refractivity contribution in [2.24, 2.45) is 0 Å². The normalized spacial score (nSPS) is 21.4. The standard InChI is InChI=1S/C16H16O2/c1-2-7-14(8-3-1)17-12-15-11-10-13-6-4-5-9-16(13)18-15/h1-4,6-8,10-11,15H,5,9,12H2. The SMILES string of the molecule is C1=CC2=C(CC1)OC(COc1ccccc1)C=C2. The minimum Gasteiger partial charge on any atom is -0.489 e. The smallest absolute Gasteiger partial charge is 0.151 e. The molecule has 92 valence electrons. The van der Waals surface area contributed by atoms with Crippen LogP contribution < -0.4 is 4.74 Å². The number of ether oxygens (including phenoxy) is 2. The largest absolute Gasteiger partial charge is 0.489 e. The second-order valence-corrected chi connectivity index (χ2v) is 4.46. The van der Waals surface area contributed by atoms with Crippen LogP contribution in [-0.2, 0) is 4.74 Å². The second kappa shape index (κ2) is 5.13. The van der Waals surface area contributed by atoms with Gasteiger partial charge < -0.3 is 9.47 Å². The Balaban J connectivity index is 1.59. The van der Waals surface area contributed by atoms with Gasteiger partial charge in [-0.05, 0) is 24.6 Å². The van der Waals surface area contributed by atoms with Crippen molar-refractivity contribution >= 4 is 0 Å². The van der Waals surface area contributed by atoms with Crippen molar-refractivity contribution in [3.05, 3.63) is 66.0 Å². The van der Waals surface area contributed by atoms with Crippen molar-refractivity contribution in [1.29, 1.82) is 0 Å².